The van der Waals surface area contributed by atoms with Gasteiger partial charge in [-0.1, -0.05) is 54.6 Å². The van der Waals surface area contributed by atoms with Crippen LogP contribution in [0.2, 0.25) is 0 Å². The summed E-state index contributed by atoms with van der Waals surface area (Å²) in [5.74, 6) is 2.80. The summed E-state index contributed by atoms with van der Waals surface area (Å²) in [6.45, 7) is 0. The Kier molecular flexibility index (Phi) is 5.83. The van der Waals surface area contributed by atoms with E-state index in [0.717, 1.165) is 89.4 Å². The van der Waals surface area contributed by atoms with Crippen molar-refractivity contribution < 1.29 is 13.6 Å². The van der Waals surface area contributed by atoms with E-state index in [4.69, 9.17) is 23.5 Å². The summed E-state index contributed by atoms with van der Waals surface area (Å²) in [5.41, 5.74) is 11.1. The van der Waals surface area contributed by atoms with Crippen molar-refractivity contribution >= 4 is 61.1 Å². The zero-order valence-electron chi connectivity index (χ0n) is 27.0. The number of ether oxygens (including phenoxy) is 1. The minimum Gasteiger partial charge on any atom is -0.453 e. The summed E-state index contributed by atoms with van der Waals surface area (Å²) >= 11 is 0. The van der Waals surface area contributed by atoms with Gasteiger partial charge in [-0.25, -0.2) is 9.97 Å². The number of anilines is 3. The van der Waals surface area contributed by atoms with Gasteiger partial charge >= 0.3 is 0 Å². The lowest BCUT2D eigenvalue weighted by Gasteiger charge is -2.33. The van der Waals surface area contributed by atoms with E-state index in [-0.39, 0.29) is 0 Å². The van der Waals surface area contributed by atoms with E-state index < -0.39 is 0 Å². The average Bonchev–Trinajstić information content (AvgIpc) is 3.90. The molecule has 10 aromatic rings. The third-order valence-corrected chi connectivity index (χ3v) is 9.63. The number of oxazole rings is 2. The predicted molar refractivity (Wildman–Crippen MR) is 202 cm³/mol. The van der Waals surface area contributed by atoms with Crippen LogP contribution in [0.25, 0.3) is 72.6 Å². The molecular weight excluding hydrogens is 633 g/mol. The minimum absolute atomic E-state index is 0.584. The number of hydrogen-bond donors (Lipinski definition) is 0. The number of hydrogen-bond acceptors (Lipinski definition) is 6. The Morgan fingerprint density at radius 3 is 1.51 bits per heavy atom. The van der Waals surface area contributed by atoms with Crippen LogP contribution in [0.5, 0.6) is 11.5 Å². The van der Waals surface area contributed by atoms with E-state index in [2.05, 4.69) is 82.3 Å². The van der Waals surface area contributed by atoms with Crippen LogP contribution in [-0.4, -0.2) is 14.5 Å². The maximum absolute atomic E-state index is 6.31. The monoisotopic (exact) mass is 658 g/mol. The summed E-state index contributed by atoms with van der Waals surface area (Å²) < 4.78 is 21.1. The number of fused-ring (bicyclic) bond motifs is 7. The third kappa shape index (κ3) is 4.31. The molecule has 0 unspecified atom stereocenters. The topological polar surface area (TPSA) is 69.5 Å². The zero-order valence-corrected chi connectivity index (χ0v) is 27.0. The molecule has 240 valence electrons. The molecule has 0 amide bonds. The summed E-state index contributed by atoms with van der Waals surface area (Å²) in [5, 5.41) is 2.13. The van der Waals surface area contributed by atoms with E-state index in [1.165, 1.54) is 0 Å². The van der Waals surface area contributed by atoms with E-state index in [1.807, 2.05) is 84.9 Å². The SMILES string of the molecule is c1cc(N2c3ccccc3Oc3ccccc32)cc(-n2c3ccc(-c4nc5ccccc5o4)cc3c3cc(-c4nc5ccccc5o4)ccc32)c1. The molecule has 0 aliphatic carbocycles. The van der Waals surface area contributed by atoms with Crippen LogP contribution < -0.4 is 9.64 Å². The first kappa shape index (κ1) is 27.8. The molecule has 0 radical (unpaired) electrons. The molecule has 1 aliphatic rings. The fraction of sp³-hybridized carbons (Fsp3) is 0. The molecule has 7 heteroatoms. The van der Waals surface area contributed by atoms with Crippen molar-refractivity contribution in [3.63, 3.8) is 0 Å². The smallest absolute Gasteiger partial charge is 0.227 e. The average molecular weight is 659 g/mol. The molecular formula is C44H26N4O3. The van der Waals surface area contributed by atoms with Crippen molar-refractivity contribution in [1.82, 2.24) is 14.5 Å². The van der Waals surface area contributed by atoms with Gasteiger partial charge in [0.1, 0.15) is 11.0 Å². The lowest BCUT2D eigenvalue weighted by molar-refractivity contribution is 0.477. The van der Waals surface area contributed by atoms with Gasteiger partial charge in [-0.2, -0.15) is 0 Å². The molecule has 0 saturated heterocycles. The quantitative estimate of drug-likeness (QED) is 0.187. The molecule has 0 N–H and O–H groups in total. The maximum atomic E-state index is 6.31. The van der Waals surface area contributed by atoms with Crippen molar-refractivity contribution in [2.24, 2.45) is 0 Å². The number of aromatic nitrogens is 3. The van der Waals surface area contributed by atoms with Crippen LogP contribution in [-0.2, 0) is 0 Å². The molecule has 7 nitrogen and oxygen atoms in total. The molecule has 11 rings (SSSR count). The van der Waals surface area contributed by atoms with E-state index in [9.17, 15) is 0 Å². The van der Waals surface area contributed by atoms with Gasteiger partial charge in [0, 0.05) is 33.3 Å². The first-order valence-electron chi connectivity index (χ1n) is 16.8. The summed E-state index contributed by atoms with van der Waals surface area (Å²) in [7, 11) is 0. The molecule has 4 heterocycles. The van der Waals surface area contributed by atoms with Gasteiger partial charge in [-0.3, -0.25) is 0 Å². The Balaban J connectivity index is 1.13. The van der Waals surface area contributed by atoms with E-state index in [1.54, 1.807) is 0 Å². The highest BCUT2D eigenvalue weighted by atomic mass is 16.5. The van der Waals surface area contributed by atoms with Crippen molar-refractivity contribution in [2.75, 3.05) is 4.90 Å². The highest BCUT2D eigenvalue weighted by Gasteiger charge is 2.26. The van der Waals surface area contributed by atoms with Crippen LogP contribution in [0.1, 0.15) is 0 Å². The van der Waals surface area contributed by atoms with Crippen LogP contribution in [0.4, 0.5) is 17.1 Å². The maximum Gasteiger partial charge on any atom is 0.227 e. The summed E-state index contributed by atoms with van der Waals surface area (Å²) in [4.78, 5) is 11.9. The Morgan fingerprint density at radius 1 is 0.431 bits per heavy atom. The first-order chi connectivity index (χ1) is 25.2. The van der Waals surface area contributed by atoms with Gasteiger partial charge in [0.2, 0.25) is 11.8 Å². The van der Waals surface area contributed by atoms with Crippen molar-refractivity contribution in [3.8, 4) is 40.1 Å². The Morgan fingerprint density at radius 2 is 0.941 bits per heavy atom. The molecule has 0 fully saturated rings. The van der Waals surface area contributed by atoms with Crippen molar-refractivity contribution in [1.29, 1.82) is 0 Å². The highest BCUT2D eigenvalue weighted by Crippen LogP contribution is 2.50. The normalized spacial score (nSPS) is 12.4. The number of nitrogens with zero attached hydrogens (tertiary/aromatic N) is 4. The summed E-state index contributed by atoms with van der Waals surface area (Å²) in [6, 6.07) is 53.5. The molecule has 1 aliphatic heterocycles. The fourth-order valence-corrected chi connectivity index (χ4v) is 7.31. The second-order valence-corrected chi connectivity index (χ2v) is 12.7. The zero-order chi connectivity index (χ0) is 33.5. The first-order valence-corrected chi connectivity index (χ1v) is 16.8. The van der Waals surface area contributed by atoms with Crippen molar-refractivity contribution in [3.05, 3.63) is 158 Å². The lowest BCUT2D eigenvalue weighted by Crippen LogP contribution is -2.15. The molecule has 51 heavy (non-hydrogen) atoms. The molecule has 0 bridgehead atoms. The summed E-state index contributed by atoms with van der Waals surface area (Å²) in [6.07, 6.45) is 0. The minimum atomic E-state index is 0.584. The Bertz CT molecular complexity index is 2750. The molecule has 0 saturated carbocycles. The largest absolute Gasteiger partial charge is 0.453 e. The van der Waals surface area contributed by atoms with Gasteiger partial charge in [0.25, 0.3) is 0 Å². The molecule has 7 aromatic carbocycles. The van der Waals surface area contributed by atoms with Crippen LogP contribution >= 0.6 is 0 Å². The second-order valence-electron chi connectivity index (χ2n) is 12.7. The Hall–Kier alpha value is -7.12. The van der Waals surface area contributed by atoms with Crippen LogP contribution in [0.3, 0.4) is 0 Å². The second kappa shape index (κ2) is 10.7. The van der Waals surface area contributed by atoms with E-state index >= 15 is 0 Å². The lowest BCUT2D eigenvalue weighted by atomic mass is 10.1. The molecule has 0 atom stereocenters. The van der Waals surface area contributed by atoms with Gasteiger partial charge in [-0.15, -0.1) is 0 Å². The van der Waals surface area contributed by atoms with Crippen LogP contribution in [0, 0.1) is 0 Å². The fourth-order valence-electron chi connectivity index (χ4n) is 7.31. The van der Waals surface area contributed by atoms with Crippen molar-refractivity contribution in [2.45, 2.75) is 0 Å². The predicted octanol–water partition coefficient (Wildman–Crippen LogP) is 12.0. The number of rotatable bonds is 4. The van der Waals surface area contributed by atoms with Gasteiger partial charge in [0.15, 0.2) is 22.7 Å². The standard InChI is InChI=1S/C44H26N4O3/c1-5-16-39-33(12-1)45-43(50-39)27-20-22-35-31(24-27)32-25-28(44-46-34-13-2-6-17-40(34)51-44)21-23-36(32)47(35)29-10-9-11-30(26-29)48-37-14-3-7-18-41(37)49-42-19-8-4-15-38(42)48/h1-26H. The third-order valence-electron chi connectivity index (χ3n) is 9.63. The Labute approximate surface area is 291 Å². The van der Waals surface area contributed by atoms with Crippen LogP contribution in [0.15, 0.2) is 167 Å². The highest BCUT2D eigenvalue weighted by molar-refractivity contribution is 6.11. The van der Waals surface area contributed by atoms with E-state index in [0.29, 0.717) is 11.8 Å². The van der Waals surface area contributed by atoms with Gasteiger partial charge in [-0.05, 0) is 103 Å². The number of benzene rings is 7. The van der Waals surface area contributed by atoms with Gasteiger partial charge < -0.3 is 23.0 Å². The number of para-hydroxylation sites is 8. The molecule has 0 spiro atoms. The molecule has 3 aromatic heterocycles. The van der Waals surface area contributed by atoms with Gasteiger partial charge in [0.05, 0.1) is 22.4 Å².